The predicted octanol–water partition coefficient (Wildman–Crippen LogP) is 3.57. The third-order valence-corrected chi connectivity index (χ3v) is 9.21. The molecule has 0 saturated carbocycles. The van der Waals surface area contributed by atoms with Crippen molar-refractivity contribution in [3.63, 3.8) is 0 Å². The molecule has 3 aromatic rings. The molecule has 1 aromatic heterocycles. The van der Waals surface area contributed by atoms with Gasteiger partial charge in [0.25, 0.3) is 0 Å². The van der Waals surface area contributed by atoms with Crippen LogP contribution in [0.25, 0.3) is 0 Å². The van der Waals surface area contributed by atoms with Crippen LogP contribution in [0.15, 0.2) is 66.0 Å². The quantitative estimate of drug-likeness (QED) is 0.492. The van der Waals surface area contributed by atoms with Crippen LogP contribution >= 0.6 is 0 Å². The fourth-order valence-electron chi connectivity index (χ4n) is 4.64. The number of rotatable bonds is 8. The molecule has 2 aromatic carbocycles. The molecular formula is C26H30N4O3S. The molecule has 0 atom stereocenters. The van der Waals surface area contributed by atoms with Gasteiger partial charge in [-0.05, 0) is 55.2 Å². The highest BCUT2D eigenvalue weighted by Gasteiger charge is 2.47. The number of piperidine rings is 1. The highest BCUT2D eigenvalue weighted by Crippen LogP contribution is 2.36. The van der Waals surface area contributed by atoms with E-state index in [1.807, 2.05) is 49.8 Å². The van der Waals surface area contributed by atoms with E-state index in [1.165, 1.54) is 0 Å². The van der Waals surface area contributed by atoms with Crippen LogP contribution in [-0.2, 0) is 27.7 Å². The van der Waals surface area contributed by atoms with E-state index in [-0.39, 0.29) is 6.61 Å². The van der Waals surface area contributed by atoms with E-state index in [0.717, 1.165) is 16.8 Å². The number of benzene rings is 2. The van der Waals surface area contributed by atoms with Crippen molar-refractivity contribution < 1.29 is 13.2 Å². The zero-order chi connectivity index (χ0) is 24.2. The Morgan fingerprint density at radius 3 is 2.50 bits per heavy atom. The van der Waals surface area contributed by atoms with Gasteiger partial charge in [0, 0.05) is 39.5 Å². The molecule has 0 unspecified atom stereocenters. The average Bonchev–Trinajstić information content (AvgIpc) is 3.27. The van der Waals surface area contributed by atoms with Crippen LogP contribution in [0.4, 0.5) is 0 Å². The minimum absolute atomic E-state index is 0.188. The van der Waals surface area contributed by atoms with Crippen molar-refractivity contribution in [2.24, 2.45) is 0 Å². The molecule has 8 heteroatoms. The first-order valence-electron chi connectivity index (χ1n) is 11.4. The van der Waals surface area contributed by atoms with Gasteiger partial charge in [-0.1, -0.05) is 24.3 Å². The molecule has 7 nitrogen and oxygen atoms in total. The monoisotopic (exact) mass is 478 g/mol. The van der Waals surface area contributed by atoms with Crippen LogP contribution in [0, 0.1) is 18.3 Å². The fraction of sp³-hybridized carbons (Fsp3) is 0.385. The number of likely N-dealkylation sites (tertiary alicyclic amines) is 1. The number of ether oxygens (including phenoxy) is 1. The van der Waals surface area contributed by atoms with E-state index in [1.54, 1.807) is 25.3 Å². The predicted molar refractivity (Wildman–Crippen MR) is 130 cm³/mol. The van der Waals surface area contributed by atoms with Gasteiger partial charge >= 0.3 is 0 Å². The summed E-state index contributed by atoms with van der Waals surface area (Å²) in [6.45, 7) is 4.79. The summed E-state index contributed by atoms with van der Waals surface area (Å²) < 4.78 is 33.9. The molecule has 1 aliphatic rings. The molecule has 0 spiro atoms. The second kappa shape index (κ2) is 10.1. The Kier molecular flexibility index (Phi) is 7.17. The highest BCUT2D eigenvalue weighted by molar-refractivity contribution is 7.92. The zero-order valence-electron chi connectivity index (χ0n) is 19.6. The summed E-state index contributed by atoms with van der Waals surface area (Å²) in [7, 11) is -1.97. The van der Waals surface area contributed by atoms with Crippen LogP contribution in [-0.4, -0.2) is 54.4 Å². The second-order valence-electron chi connectivity index (χ2n) is 9.03. The summed E-state index contributed by atoms with van der Waals surface area (Å²) in [6, 6.07) is 16.8. The largest absolute Gasteiger partial charge is 0.383 e. The average molecular weight is 479 g/mol. The van der Waals surface area contributed by atoms with Crippen LogP contribution in [0.1, 0.15) is 35.2 Å². The third-order valence-electron chi connectivity index (χ3n) is 6.66. The van der Waals surface area contributed by atoms with E-state index in [0.29, 0.717) is 49.5 Å². The van der Waals surface area contributed by atoms with E-state index in [4.69, 9.17) is 10.00 Å². The molecular weight excluding hydrogens is 448 g/mol. The maximum Gasteiger partial charge on any atom is 0.186 e. The first-order valence-corrected chi connectivity index (χ1v) is 12.9. The molecule has 34 heavy (non-hydrogen) atoms. The molecule has 0 aliphatic carbocycles. The van der Waals surface area contributed by atoms with Crippen molar-refractivity contribution in [2.75, 3.05) is 26.8 Å². The lowest BCUT2D eigenvalue weighted by atomic mass is 9.96. The number of aryl methyl sites for hydroxylation is 1. The lowest BCUT2D eigenvalue weighted by Crippen LogP contribution is -2.51. The molecule has 0 N–H and O–H groups in total. The Morgan fingerprint density at radius 1 is 1.12 bits per heavy atom. The Balaban J connectivity index is 1.46. The van der Waals surface area contributed by atoms with Crippen LogP contribution < -0.4 is 0 Å². The number of sulfone groups is 1. The van der Waals surface area contributed by atoms with Gasteiger partial charge in [-0.3, -0.25) is 4.90 Å². The Hall–Kier alpha value is -2.99. The molecule has 2 heterocycles. The maximum atomic E-state index is 13.6. The lowest BCUT2D eigenvalue weighted by molar-refractivity contribution is 0.109. The number of nitriles is 1. The topological polar surface area (TPSA) is 88.2 Å². The number of imidazole rings is 1. The van der Waals surface area contributed by atoms with Gasteiger partial charge in [0.15, 0.2) is 9.84 Å². The highest BCUT2D eigenvalue weighted by atomic mass is 32.2. The summed E-state index contributed by atoms with van der Waals surface area (Å²) in [6.07, 6.45) is 4.71. The number of hydrogen-bond donors (Lipinski definition) is 0. The number of aromatic nitrogens is 2. The van der Waals surface area contributed by atoms with Gasteiger partial charge in [-0.25, -0.2) is 13.4 Å². The van der Waals surface area contributed by atoms with Crippen LogP contribution in [0.5, 0.6) is 0 Å². The Labute approximate surface area is 201 Å². The van der Waals surface area contributed by atoms with E-state index < -0.39 is 14.6 Å². The number of methoxy groups -OCH3 is 1. The standard InChI is InChI=1S/C26H30N4O3S/c1-21-4-3-5-25(14-21)34(31,32)26(19-33-2)10-12-29(13-11-26)18-24-16-28-20-30(24)17-23-8-6-22(15-27)7-9-23/h3-9,14,16,20H,10-13,17-19H2,1-2H3. The minimum Gasteiger partial charge on any atom is -0.383 e. The summed E-state index contributed by atoms with van der Waals surface area (Å²) >= 11 is 0. The molecule has 178 valence electrons. The minimum atomic E-state index is -3.54. The van der Waals surface area contributed by atoms with Crippen molar-refractivity contribution in [3.05, 3.63) is 83.4 Å². The Bertz CT molecular complexity index is 1270. The number of nitrogens with zero attached hydrogens (tertiary/aromatic N) is 4. The normalized spacial score (nSPS) is 16.3. The van der Waals surface area contributed by atoms with Crippen molar-refractivity contribution in [2.45, 2.75) is 42.5 Å². The molecule has 0 radical (unpaired) electrons. The summed E-state index contributed by atoms with van der Waals surface area (Å²) in [5.74, 6) is 0. The molecule has 4 rings (SSSR count). The van der Waals surface area contributed by atoms with E-state index >= 15 is 0 Å². The molecule has 1 aliphatic heterocycles. The second-order valence-corrected chi connectivity index (χ2v) is 11.4. The van der Waals surface area contributed by atoms with Crippen molar-refractivity contribution >= 4 is 9.84 Å². The van der Waals surface area contributed by atoms with Gasteiger partial charge in [-0.15, -0.1) is 0 Å². The number of hydrogen-bond acceptors (Lipinski definition) is 6. The van der Waals surface area contributed by atoms with Crippen molar-refractivity contribution in [3.8, 4) is 6.07 Å². The smallest absolute Gasteiger partial charge is 0.186 e. The van der Waals surface area contributed by atoms with Crippen molar-refractivity contribution in [1.82, 2.24) is 14.5 Å². The first-order chi connectivity index (χ1) is 16.4. The van der Waals surface area contributed by atoms with E-state index in [9.17, 15) is 8.42 Å². The fourth-order valence-corrected chi connectivity index (χ4v) is 6.73. The summed E-state index contributed by atoms with van der Waals surface area (Å²) in [5, 5.41) is 8.99. The molecule has 0 amide bonds. The molecule has 1 fully saturated rings. The van der Waals surface area contributed by atoms with Gasteiger partial charge in [0.1, 0.15) is 4.75 Å². The zero-order valence-corrected chi connectivity index (χ0v) is 20.5. The molecule has 0 bridgehead atoms. The van der Waals surface area contributed by atoms with Crippen LogP contribution in [0.2, 0.25) is 0 Å². The van der Waals surface area contributed by atoms with Crippen molar-refractivity contribution in [1.29, 1.82) is 5.26 Å². The van der Waals surface area contributed by atoms with Gasteiger partial charge in [-0.2, -0.15) is 5.26 Å². The van der Waals surface area contributed by atoms with Gasteiger partial charge in [0.2, 0.25) is 0 Å². The maximum absolute atomic E-state index is 13.6. The SMILES string of the molecule is COCC1(S(=O)(=O)c2cccc(C)c2)CCN(Cc2cncn2Cc2ccc(C#N)cc2)CC1. The van der Waals surface area contributed by atoms with Gasteiger partial charge in [0.05, 0.1) is 35.2 Å². The van der Waals surface area contributed by atoms with E-state index in [2.05, 4.69) is 20.5 Å². The first kappa shape index (κ1) is 24.1. The van der Waals surface area contributed by atoms with Gasteiger partial charge < -0.3 is 9.30 Å². The summed E-state index contributed by atoms with van der Waals surface area (Å²) in [5.41, 5.74) is 3.75. The Morgan fingerprint density at radius 2 is 1.85 bits per heavy atom. The third kappa shape index (κ3) is 4.92. The summed E-state index contributed by atoms with van der Waals surface area (Å²) in [4.78, 5) is 6.99. The molecule has 1 saturated heterocycles. The van der Waals surface area contributed by atoms with Crippen LogP contribution in [0.3, 0.4) is 0 Å². The lowest BCUT2D eigenvalue weighted by Gasteiger charge is -2.40.